The Labute approximate surface area is 141 Å². The lowest BCUT2D eigenvalue weighted by Gasteiger charge is -2.09. The van der Waals surface area contributed by atoms with E-state index >= 15 is 0 Å². The van der Waals surface area contributed by atoms with E-state index in [1.54, 1.807) is 13.2 Å². The molecular formula is C14H20IN5O. The van der Waals surface area contributed by atoms with Gasteiger partial charge in [0.05, 0.1) is 24.5 Å². The smallest absolute Gasteiger partial charge is 0.214 e. The summed E-state index contributed by atoms with van der Waals surface area (Å²) in [6, 6.07) is 5.81. The fourth-order valence-electron chi connectivity index (χ4n) is 1.67. The first-order valence-electron chi connectivity index (χ1n) is 6.46. The molecule has 7 heteroatoms. The van der Waals surface area contributed by atoms with Gasteiger partial charge in [0, 0.05) is 13.2 Å². The molecule has 0 aliphatic rings. The van der Waals surface area contributed by atoms with Gasteiger partial charge in [-0.3, -0.25) is 9.98 Å². The SMILES string of the molecule is CN=C(NCc1ccccn1)NCc1nc(C)c(C)o1.I. The molecule has 0 spiro atoms. The molecule has 2 rings (SSSR count). The Morgan fingerprint density at radius 1 is 1.24 bits per heavy atom. The fraction of sp³-hybridized carbons (Fsp3) is 0.357. The summed E-state index contributed by atoms with van der Waals surface area (Å²) in [6.07, 6.45) is 1.77. The molecule has 0 atom stereocenters. The van der Waals surface area contributed by atoms with Crippen molar-refractivity contribution < 1.29 is 4.42 Å². The Morgan fingerprint density at radius 3 is 2.57 bits per heavy atom. The first kappa shape index (κ1) is 17.4. The molecule has 0 saturated carbocycles. The van der Waals surface area contributed by atoms with Crippen LogP contribution in [0.25, 0.3) is 0 Å². The summed E-state index contributed by atoms with van der Waals surface area (Å²) in [4.78, 5) is 12.7. The number of pyridine rings is 1. The average molecular weight is 401 g/mol. The maximum Gasteiger partial charge on any atom is 0.214 e. The third-order valence-corrected chi connectivity index (χ3v) is 2.87. The van der Waals surface area contributed by atoms with E-state index in [1.165, 1.54) is 0 Å². The Balaban J connectivity index is 0.00000220. The zero-order chi connectivity index (χ0) is 14.4. The van der Waals surface area contributed by atoms with E-state index in [0.29, 0.717) is 24.9 Å². The number of hydrogen-bond donors (Lipinski definition) is 2. The van der Waals surface area contributed by atoms with Crippen molar-refractivity contribution in [1.82, 2.24) is 20.6 Å². The third-order valence-electron chi connectivity index (χ3n) is 2.87. The standard InChI is InChI=1S/C14H19N5O.HI/c1-10-11(2)20-13(19-10)9-18-14(15-3)17-8-12-6-4-5-7-16-12;/h4-7H,8-9H2,1-3H3,(H2,15,17,18);1H. The molecule has 6 nitrogen and oxygen atoms in total. The monoisotopic (exact) mass is 401 g/mol. The van der Waals surface area contributed by atoms with Crippen molar-refractivity contribution in [3.05, 3.63) is 47.4 Å². The maximum absolute atomic E-state index is 5.50. The predicted octanol–water partition coefficient (Wildman–Crippen LogP) is 2.17. The normalized spacial score (nSPS) is 10.9. The maximum atomic E-state index is 5.50. The van der Waals surface area contributed by atoms with Crippen LogP contribution in [0.5, 0.6) is 0 Å². The second-order valence-electron chi connectivity index (χ2n) is 4.35. The summed E-state index contributed by atoms with van der Waals surface area (Å²) in [6.45, 7) is 4.94. The van der Waals surface area contributed by atoms with Crippen molar-refractivity contribution in [3.8, 4) is 0 Å². The summed E-state index contributed by atoms with van der Waals surface area (Å²) < 4.78 is 5.50. The number of oxazole rings is 1. The lowest BCUT2D eigenvalue weighted by Crippen LogP contribution is -2.36. The van der Waals surface area contributed by atoms with Gasteiger partial charge in [-0.05, 0) is 26.0 Å². The van der Waals surface area contributed by atoms with Crippen molar-refractivity contribution in [2.75, 3.05) is 7.05 Å². The minimum atomic E-state index is 0. The van der Waals surface area contributed by atoms with Gasteiger partial charge in [-0.1, -0.05) is 6.07 Å². The van der Waals surface area contributed by atoms with E-state index in [9.17, 15) is 0 Å². The van der Waals surface area contributed by atoms with Gasteiger partial charge in [-0.25, -0.2) is 4.98 Å². The number of aliphatic imine (C=N–C) groups is 1. The number of guanidine groups is 1. The molecule has 2 aromatic rings. The van der Waals surface area contributed by atoms with E-state index in [2.05, 4.69) is 25.6 Å². The van der Waals surface area contributed by atoms with Gasteiger partial charge in [-0.15, -0.1) is 24.0 Å². The molecule has 114 valence electrons. The van der Waals surface area contributed by atoms with Gasteiger partial charge in [0.1, 0.15) is 5.76 Å². The van der Waals surface area contributed by atoms with Crippen LogP contribution in [0.4, 0.5) is 0 Å². The second kappa shape index (κ2) is 8.60. The molecule has 0 bridgehead atoms. The molecule has 2 heterocycles. The highest BCUT2D eigenvalue weighted by molar-refractivity contribution is 14.0. The molecule has 2 aromatic heterocycles. The number of halogens is 1. The molecule has 0 amide bonds. The van der Waals surface area contributed by atoms with Crippen molar-refractivity contribution in [2.24, 2.45) is 4.99 Å². The lowest BCUT2D eigenvalue weighted by molar-refractivity contribution is 0.463. The summed E-state index contributed by atoms with van der Waals surface area (Å²) in [5.41, 5.74) is 1.87. The van der Waals surface area contributed by atoms with Crippen molar-refractivity contribution in [2.45, 2.75) is 26.9 Å². The summed E-state index contributed by atoms with van der Waals surface area (Å²) in [7, 11) is 1.72. The number of hydrogen-bond acceptors (Lipinski definition) is 4. The number of nitrogens with one attached hydrogen (secondary N) is 2. The first-order chi connectivity index (χ1) is 9.69. The Hall–Kier alpha value is -1.64. The van der Waals surface area contributed by atoms with Crippen LogP contribution in [0.15, 0.2) is 33.8 Å². The van der Waals surface area contributed by atoms with Crippen LogP contribution >= 0.6 is 24.0 Å². The van der Waals surface area contributed by atoms with Crippen LogP contribution in [0.1, 0.15) is 23.0 Å². The largest absolute Gasteiger partial charge is 0.444 e. The highest BCUT2D eigenvalue weighted by Gasteiger charge is 2.06. The van der Waals surface area contributed by atoms with Crippen LogP contribution in [0.3, 0.4) is 0 Å². The van der Waals surface area contributed by atoms with Crippen LogP contribution in [-0.2, 0) is 13.1 Å². The zero-order valence-corrected chi connectivity index (χ0v) is 14.7. The van der Waals surface area contributed by atoms with Gasteiger partial charge >= 0.3 is 0 Å². The van der Waals surface area contributed by atoms with Gasteiger partial charge in [0.25, 0.3) is 0 Å². The molecule has 0 unspecified atom stereocenters. The lowest BCUT2D eigenvalue weighted by atomic mass is 10.3. The molecule has 0 radical (unpaired) electrons. The molecule has 0 fully saturated rings. The van der Waals surface area contributed by atoms with Crippen LogP contribution in [0.2, 0.25) is 0 Å². The molecule has 21 heavy (non-hydrogen) atoms. The first-order valence-corrected chi connectivity index (χ1v) is 6.46. The Morgan fingerprint density at radius 2 is 2.00 bits per heavy atom. The molecular weight excluding hydrogens is 381 g/mol. The molecule has 0 aliphatic heterocycles. The minimum absolute atomic E-state index is 0. The van der Waals surface area contributed by atoms with Gasteiger partial charge < -0.3 is 15.1 Å². The van der Waals surface area contributed by atoms with Gasteiger partial charge in [-0.2, -0.15) is 0 Å². The Bertz CT molecular complexity index is 563. The molecule has 2 N–H and O–H groups in total. The summed E-state index contributed by atoms with van der Waals surface area (Å²) in [5, 5.41) is 6.34. The quantitative estimate of drug-likeness (QED) is 0.467. The third kappa shape index (κ3) is 5.33. The number of aryl methyl sites for hydroxylation is 2. The summed E-state index contributed by atoms with van der Waals surface area (Å²) >= 11 is 0. The number of nitrogens with zero attached hydrogens (tertiary/aromatic N) is 3. The second-order valence-corrected chi connectivity index (χ2v) is 4.35. The van der Waals surface area contributed by atoms with Crippen molar-refractivity contribution in [1.29, 1.82) is 0 Å². The van der Waals surface area contributed by atoms with Crippen molar-refractivity contribution >= 4 is 29.9 Å². The molecule has 0 aromatic carbocycles. The van der Waals surface area contributed by atoms with Crippen LogP contribution < -0.4 is 10.6 Å². The van der Waals surface area contributed by atoms with Crippen LogP contribution in [-0.4, -0.2) is 23.0 Å². The minimum Gasteiger partial charge on any atom is -0.444 e. The highest BCUT2D eigenvalue weighted by Crippen LogP contribution is 2.07. The molecule has 0 aliphatic carbocycles. The predicted molar refractivity (Wildman–Crippen MR) is 92.7 cm³/mol. The topological polar surface area (TPSA) is 75.3 Å². The van der Waals surface area contributed by atoms with Crippen molar-refractivity contribution in [3.63, 3.8) is 0 Å². The van der Waals surface area contributed by atoms with Gasteiger partial charge in [0.2, 0.25) is 5.89 Å². The van der Waals surface area contributed by atoms with Gasteiger partial charge in [0.15, 0.2) is 5.96 Å². The summed E-state index contributed by atoms with van der Waals surface area (Å²) in [5.74, 6) is 2.18. The highest BCUT2D eigenvalue weighted by atomic mass is 127. The van der Waals surface area contributed by atoms with E-state index in [4.69, 9.17) is 4.42 Å². The zero-order valence-electron chi connectivity index (χ0n) is 12.4. The number of aromatic nitrogens is 2. The average Bonchev–Trinajstić information content (AvgIpc) is 2.79. The van der Waals surface area contributed by atoms with E-state index in [0.717, 1.165) is 17.1 Å². The van der Waals surface area contributed by atoms with E-state index in [-0.39, 0.29) is 24.0 Å². The number of rotatable bonds is 4. The molecule has 0 saturated heterocycles. The van der Waals surface area contributed by atoms with Crippen LogP contribution in [0, 0.1) is 13.8 Å². The Kier molecular flexibility index (Phi) is 7.13. The fourth-order valence-corrected chi connectivity index (χ4v) is 1.67. The van der Waals surface area contributed by atoms with E-state index in [1.807, 2.05) is 32.0 Å². The van der Waals surface area contributed by atoms with E-state index < -0.39 is 0 Å².